The number of hydrogen-bond acceptors (Lipinski definition) is 8. The largest absolute Gasteiger partial charge is 0.466 e. The van der Waals surface area contributed by atoms with Crippen molar-refractivity contribution >= 4 is 28.7 Å². The van der Waals surface area contributed by atoms with E-state index in [1.54, 1.807) is 26.8 Å². The molecule has 0 saturated heterocycles. The second-order valence-corrected chi connectivity index (χ2v) is 4.84. The second-order valence-electron chi connectivity index (χ2n) is 4.84. The number of benzene rings is 1. The SMILES string of the molecule is C/C=C(C)/C(CC(=O)OCC)=N\Nc1ccc([N+](=O)[O-])cc1[N+](=O)[O-]. The summed E-state index contributed by atoms with van der Waals surface area (Å²) < 4.78 is 4.87. The van der Waals surface area contributed by atoms with E-state index in [2.05, 4.69) is 10.5 Å². The molecule has 0 aromatic heterocycles. The minimum atomic E-state index is -0.752. The Morgan fingerprint density at radius 2 is 2.00 bits per heavy atom. The van der Waals surface area contributed by atoms with E-state index in [0.29, 0.717) is 11.3 Å². The summed E-state index contributed by atoms with van der Waals surface area (Å²) >= 11 is 0. The lowest BCUT2D eigenvalue weighted by Gasteiger charge is -2.08. The predicted molar refractivity (Wildman–Crippen MR) is 91.5 cm³/mol. The highest BCUT2D eigenvalue weighted by Gasteiger charge is 2.19. The molecule has 10 heteroatoms. The molecule has 0 atom stereocenters. The van der Waals surface area contributed by atoms with E-state index < -0.39 is 27.2 Å². The molecule has 0 aliphatic rings. The van der Waals surface area contributed by atoms with Gasteiger partial charge in [0.2, 0.25) is 0 Å². The molecule has 25 heavy (non-hydrogen) atoms. The molecule has 1 N–H and O–H groups in total. The summed E-state index contributed by atoms with van der Waals surface area (Å²) in [4.78, 5) is 32.0. The fraction of sp³-hybridized carbons (Fsp3) is 0.333. The predicted octanol–water partition coefficient (Wildman–Crippen LogP) is 3.19. The fourth-order valence-corrected chi connectivity index (χ4v) is 1.79. The number of carbonyl (C=O) groups excluding carboxylic acids is 1. The van der Waals surface area contributed by atoms with E-state index in [-0.39, 0.29) is 18.7 Å². The van der Waals surface area contributed by atoms with Crippen molar-refractivity contribution < 1.29 is 19.4 Å². The van der Waals surface area contributed by atoms with E-state index in [0.717, 1.165) is 12.1 Å². The molecular weight excluding hydrogens is 332 g/mol. The van der Waals surface area contributed by atoms with Crippen molar-refractivity contribution in [1.82, 2.24) is 0 Å². The van der Waals surface area contributed by atoms with E-state index in [1.165, 1.54) is 6.07 Å². The first-order valence-corrected chi connectivity index (χ1v) is 7.34. The molecule has 0 radical (unpaired) electrons. The number of ether oxygens (including phenoxy) is 1. The lowest BCUT2D eigenvalue weighted by Crippen LogP contribution is -2.14. The average molecular weight is 350 g/mol. The minimum Gasteiger partial charge on any atom is -0.466 e. The summed E-state index contributed by atoms with van der Waals surface area (Å²) in [5.74, 6) is -0.484. The van der Waals surface area contributed by atoms with Gasteiger partial charge in [-0.25, -0.2) is 0 Å². The monoisotopic (exact) mass is 350 g/mol. The van der Waals surface area contributed by atoms with Crippen LogP contribution in [0.1, 0.15) is 27.2 Å². The van der Waals surface area contributed by atoms with Gasteiger partial charge in [0, 0.05) is 6.07 Å². The molecule has 1 rings (SSSR count). The molecule has 1 aromatic carbocycles. The summed E-state index contributed by atoms with van der Waals surface area (Å²) in [6, 6.07) is 3.15. The van der Waals surface area contributed by atoms with Crippen LogP contribution in [0.3, 0.4) is 0 Å². The smallest absolute Gasteiger partial charge is 0.311 e. The number of nitro groups is 2. The Hall–Kier alpha value is -3.30. The number of hydrogen-bond donors (Lipinski definition) is 1. The third kappa shape index (κ3) is 5.68. The maximum absolute atomic E-state index is 11.6. The summed E-state index contributed by atoms with van der Waals surface area (Å²) in [6.45, 7) is 5.38. The van der Waals surface area contributed by atoms with Crippen molar-refractivity contribution in [1.29, 1.82) is 0 Å². The van der Waals surface area contributed by atoms with Gasteiger partial charge in [0.05, 0.1) is 34.7 Å². The van der Waals surface area contributed by atoms with Gasteiger partial charge in [-0.15, -0.1) is 0 Å². The molecule has 0 aliphatic heterocycles. The third-order valence-corrected chi connectivity index (χ3v) is 3.21. The van der Waals surface area contributed by atoms with Gasteiger partial charge in [0.1, 0.15) is 5.69 Å². The van der Waals surface area contributed by atoms with Crippen molar-refractivity contribution in [2.75, 3.05) is 12.0 Å². The van der Waals surface area contributed by atoms with Crippen LogP contribution in [-0.2, 0) is 9.53 Å². The van der Waals surface area contributed by atoms with Crippen LogP contribution in [0, 0.1) is 20.2 Å². The molecule has 0 heterocycles. The van der Waals surface area contributed by atoms with Gasteiger partial charge in [-0.2, -0.15) is 5.10 Å². The maximum Gasteiger partial charge on any atom is 0.311 e. The fourth-order valence-electron chi connectivity index (χ4n) is 1.79. The van der Waals surface area contributed by atoms with Gasteiger partial charge in [0.25, 0.3) is 5.69 Å². The number of rotatable bonds is 8. The van der Waals surface area contributed by atoms with Crippen LogP contribution in [0.15, 0.2) is 34.9 Å². The minimum absolute atomic E-state index is 0.0270. The van der Waals surface area contributed by atoms with Crippen LogP contribution in [-0.4, -0.2) is 28.1 Å². The van der Waals surface area contributed by atoms with Crippen LogP contribution in [0.25, 0.3) is 0 Å². The number of hydrazone groups is 1. The summed E-state index contributed by atoms with van der Waals surface area (Å²) in [5, 5.41) is 25.9. The zero-order valence-electron chi connectivity index (χ0n) is 14.0. The Kier molecular flexibility index (Phi) is 7.19. The standard InChI is InChI=1S/C15H18N4O6/c1-4-10(3)13(9-15(20)25-5-2)17-16-12-7-6-11(18(21)22)8-14(12)19(23)24/h4,6-8,16H,5,9H2,1-3H3/b10-4+,17-13-. The summed E-state index contributed by atoms with van der Waals surface area (Å²) in [5.41, 5.74) is 2.60. The molecule has 134 valence electrons. The van der Waals surface area contributed by atoms with Crippen LogP contribution in [0.2, 0.25) is 0 Å². The van der Waals surface area contributed by atoms with Crippen LogP contribution in [0.4, 0.5) is 17.1 Å². The number of carbonyl (C=O) groups is 1. The maximum atomic E-state index is 11.6. The molecular formula is C15H18N4O6. The molecule has 10 nitrogen and oxygen atoms in total. The molecule has 0 aliphatic carbocycles. The highest BCUT2D eigenvalue weighted by Crippen LogP contribution is 2.29. The van der Waals surface area contributed by atoms with Crippen molar-refractivity contribution in [3.8, 4) is 0 Å². The quantitative estimate of drug-likeness (QED) is 0.329. The van der Waals surface area contributed by atoms with Gasteiger partial charge in [-0.3, -0.25) is 30.4 Å². The molecule has 0 unspecified atom stereocenters. The number of nitrogens with zero attached hydrogens (tertiary/aromatic N) is 3. The lowest BCUT2D eigenvalue weighted by molar-refractivity contribution is -0.393. The average Bonchev–Trinajstić information content (AvgIpc) is 2.57. The first-order valence-electron chi connectivity index (χ1n) is 7.34. The number of nitrogens with one attached hydrogen (secondary N) is 1. The molecule has 0 saturated carbocycles. The van der Waals surface area contributed by atoms with Gasteiger partial charge in [0.15, 0.2) is 0 Å². The molecule has 0 bridgehead atoms. The molecule has 0 fully saturated rings. The van der Waals surface area contributed by atoms with Gasteiger partial charge in [-0.05, 0) is 32.4 Å². The Labute approximate surface area is 143 Å². The topological polar surface area (TPSA) is 137 Å². The molecule has 0 spiro atoms. The van der Waals surface area contributed by atoms with E-state index in [4.69, 9.17) is 4.74 Å². The van der Waals surface area contributed by atoms with Crippen molar-refractivity contribution in [3.05, 3.63) is 50.1 Å². The normalized spacial score (nSPS) is 11.8. The zero-order valence-corrected chi connectivity index (χ0v) is 14.0. The van der Waals surface area contributed by atoms with E-state index >= 15 is 0 Å². The second kappa shape index (κ2) is 9.11. The number of esters is 1. The van der Waals surface area contributed by atoms with Gasteiger partial charge in [-0.1, -0.05) is 6.08 Å². The van der Waals surface area contributed by atoms with Gasteiger partial charge >= 0.3 is 11.7 Å². The Bertz CT molecular complexity index is 742. The number of nitro benzene ring substituents is 2. The van der Waals surface area contributed by atoms with Crippen LogP contribution in [0.5, 0.6) is 0 Å². The van der Waals surface area contributed by atoms with Crippen molar-refractivity contribution in [2.45, 2.75) is 27.2 Å². The summed E-state index contributed by atoms with van der Waals surface area (Å²) in [6.07, 6.45) is 1.61. The number of non-ortho nitro benzene ring substituents is 1. The Morgan fingerprint density at radius 3 is 2.52 bits per heavy atom. The number of anilines is 1. The van der Waals surface area contributed by atoms with Crippen LogP contribution < -0.4 is 5.43 Å². The third-order valence-electron chi connectivity index (χ3n) is 3.21. The number of allylic oxidation sites excluding steroid dienone is 2. The highest BCUT2D eigenvalue weighted by atomic mass is 16.6. The summed E-state index contributed by atoms with van der Waals surface area (Å²) in [7, 11) is 0. The lowest BCUT2D eigenvalue weighted by atomic mass is 10.1. The highest BCUT2D eigenvalue weighted by molar-refractivity contribution is 6.09. The Balaban J connectivity index is 3.15. The van der Waals surface area contributed by atoms with Crippen LogP contribution >= 0.6 is 0 Å². The zero-order chi connectivity index (χ0) is 19.0. The first-order chi connectivity index (χ1) is 11.8. The van der Waals surface area contributed by atoms with E-state index in [1.807, 2.05) is 0 Å². The van der Waals surface area contributed by atoms with Crippen molar-refractivity contribution in [2.24, 2.45) is 5.10 Å². The van der Waals surface area contributed by atoms with Crippen molar-refractivity contribution in [3.63, 3.8) is 0 Å². The molecule has 0 amide bonds. The van der Waals surface area contributed by atoms with Gasteiger partial charge < -0.3 is 4.74 Å². The molecule has 1 aromatic rings. The van der Waals surface area contributed by atoms with E-state index in [9.17, 15) is 25.0 Å². The first kappa shape index (κ1) is 19.7. The Morgan fingerprint density at radius 1 is 1.32 bits per heavy atom.